The number of nitrogens with one attached hydrogen (secondary N) is 1. The maximum Gasteiger partial charge on any atom is 0.373 e. The van der Waals surface area contributed by atoms with Crippen LogP contribution in [0.2, 0.25) is 0 Å². The Hall–Kier alpha value is -2.93. The van der Waals surface area contributed by atoms with Gasteiger partial charge in [-0.2, -0.15) is 9.59 Å². The Balaban J connectivity index is 0.000000372. The largest absolute Gasteiger partial charge is 0.478 e. The highest BCUT2D eigenvalue weighted by atomic mass is 79.9. The molecule has 2 heterocycles. The van der Waals surface area contributed by atoms with Gasteiger partial charge in [0.1, 0.15) is 5.60 Å². The number of hydrogen-bond acceptors (Lipinski definition) is 9. The molecule has 0 spiro atoms. The Labute approximate surface area is 308 Å². The molecule has 1 amide bonds. The van der Waals surface area contributed by atoms with Gasteiger partial charge in [-0.15, -0.1) is 0 Å². The summed E-state index contributed by atoms with van der Waals surface area (Å²) in [5.41, 5.74) is 3.10. The maximum atomic E-state index is 12.6. The minimum atomic E-state index is -0.902. The van der Waals surface area contributed by atoms with Gasteiger partial charge in [-0.1, -0.05) is 44.0 Å². The first-order valence-electron chi connectivity index (χ1n) is 16.2. The number of halogens is 2. The van der Waals surface area contributed by atoms with E-state index in [1.165, 1.54) is 0 Å². The Bertz CT molecular complexity index is 1400. The Kier molecular flexibility index (Phi) is 19.2. The number of nitrogens with zero attached hydrogens (tertiary/aromatic N) is 3. The fourth-order valence-corrected chi connectivity index (χ4v) is 5.81. The summed E-state index contributed by atoms with van der Waals surface area (Å²) in [4.78, 5) is 57.4. The quantitative estimate of drug-likeness (QED) is 0.364. The van der Waals surface area contributed by atoms with Gasteiger partial charge >= 0.3 is 18.1 Å². The molecule has 2 aliphatic heterocycles. The van der Waals surface area contributed by atoms with Crippen molar-refractivity contribution in [3.63, 3.8) is 0 Å². The number of aryl methyl sites for hydroxylation is 2. The first kappa shape index (κ1) is 44.1. The first-order chi connectivity index (χ1) is 22.8. The first-order valence-corrected chi connectivity index (χ1v) is 17.8. The normalized spacial score (nSPS) is 15.2. The van der Waals surface area contributed by atoms with Gasteiger partial charge in [0, 0.05) is 67.8 Å². The number of ether oxygens (including phenoxy) is 1. The van der Waals surface area contributed by atoms with Crippen molar-refractivity contribution >= 4 is 55.9 Å². The average molecular weight is 813 g/mol. The van der Waals surface area contributed by atoms with E-state index in [4.69, 9.17) is 19.4 Å². The second-order valence-electron chi connectivity index (χ2n) is 14.1. The van der Waals surface area contributed by atoms with E-state index < -0.39 is 5.97 Å². The van der Waals surface area contributed by atoms with Crippen LogP contribution in [0.4, 0.5) is 0 Å². The highest BCUT2D eigenvalue weighted by Gasteiger charge is 2.26. The summed E-state index contributed by atoms with van der Waals surface area (Å²) < 4.78 is 6.74. The van der Waals surface area contributed by atoms with Crippen LogP contribution >= 0.6 is 31.9 Å². The predicted octanol–water partition coefficient (Wildman–Crippen LogP) is 5.67. The molecule has 4 rings (SSSR count). The summed E-state index contributed by atoms with van der Waals surface area (Å²) in [7, 11) is 0. The number of esters is 1. The lowest BCUT2D eigenvalue weighted by Crippen LogP contribution is -2.50. The van der Waals surface area contributed by atoms with E-state index in [-0.39, 0.29) is 23.6 Å². The zero-order valence-electron chi connectivity index (χ0n) is 30.0. The van der Waals surface area contributed by atoms with Crippen LogP contribution in [0.3, 0.4) is 0 Å². The van der Waals surface area contributed by atoms with E-state index in [0.29, 0.717) is 22.0 Å². The van der Waals surface area contributed by atoms with Crippen molar-refractivity contribution in [3.05, 3.63) is 67.6 Å². The number of amides is 1. The molecule has 49 heavy (non-hydrogen) atoms. The van der Waals surface area contributed by atoms with Gasteiger partial charge in [-0.25, -0.2) is 4.79 Å². The number of carbonyl (C=O) groups excluding carboxylic acids is 4. The van der Waals surface area contributed by atoms with Gasteiger partial charge in [0.25, 0.3) is 5.91 Å². The van der Waals surface area contributed by atoms with Crippen LogP contribution in [0.15, 0.2) is 45.3 Å². The third kappa shape index (κ3) is 18.6. The van der Waals surface area contributed by atoms with Crippen LogP contribution < -0.4 is 5.32 Å². The fraction of sp³-hybridized carbons (Fsp3) is 0.556. The minimum Gasteiger partial charge on any atom is -0.478 e. The summed E-state index contributed by atoms with van der Waals surface area (Å²) in [6.45, 7) is 25.2. The number of aromatic carboxylic acids is 1. The molecule has 0 atom stereocenters. The van der Waals surface area contributed by atoms with Gasteiger partial charge in [0.2, 0.25) is 0 Å². The zero-order valence-corrected chi connectivity index (χ0v) is 33.2. The molecular weight excluding hydrogens is 760 g/mol. The molecule has 2 saturated heterocycles. The topological polar surface area (TPSA) is 137 Å². The second kappa shape index (κ2) is 21.3. The van der Waals surface area contributed by atoms with Crippen LogP contribution in [0, 0.1) is 19.3 Å². The smallest absolute Gasteiger partial charge is 0.373 e. The van der Waals surface area contributed by atoms with E-state index in [0.717, 1.165) is 80.1 Å². The van der Waals surface area contributed by atoms with Crippen LogP contribution in [-0.2, 0) is 19.1 Å². The molecule has 0 aliphatic carbocycles. The van der Waals surface area contributed by atoms with Crippen molar-refractivity contribution in [2.75, 3.05) is 65.4 Å². The van der Waals surface area contributed by atoms with Crippen LogP contribution in [0.1, 0.15) is 73.4 Å². The lowest BCUT2D eigenvalue weighted by Gasteiger charge is -2.38. The van der Waals surface area contributed by atoms with E-state index in [1.807, 2.05) is 63.8 Å². The molecule has 0 aromatic heterocycles. The SMILES string of the molecule is CC(C)(C)OC(=O)CN1CCNCC1.Cc1ccc(Br)c(C(=O)N2CCN(CC(C)(C)C)CC2)c1.Cc1ccc(Br)c(C(=O)O)c1.O=C=O. The molecule has 272 valence electrons. The summed E-state index contributed by atoms with van der Waals surface area (Å²) in [5, 5.41) is 11.9. The molecule has 11 nitrogen and oxygen atoms in total. The highest BCUT2D eigenvalue weighted by Crippen LogP contribution is 2.22. The number of carboxylic acid groups (broad SMARTS) is 1. The van der Waals surface area contributed by atoms with Gasteiger partial charge < -0.3 is 20.1 Å². The molecule has 2 aromatic rings. The average Bonchev–Trinajstić information content (AvgIpc) is 2.99. The van der Waals surface area contributed by atoms with Crippen molar-refractivity contribution in [2.24, 2.45) is 5.41 Å². The lowest BCUT2D eigenvalue weighted by atomic mass is 9.96. The van der Waals surface area contributed by atoms with Crippen LogP contribution in [0.5, 0.6) is 0 Å². The number of carboxylic acids is 1. The zero-order chi connectivity index (χ0) is 37.4. The number of hydrogen-bond donors (Lipinski definition) is 2. The third-order valence-electron chi connectivity index (χ3n) is 7.04. The molecule has 0 bridgehead atoms. The molecule has 0 radical (unpaired) electrons. The van der Waals surface area contributed by atoms with Crippen molar-refractivity contribution in [1.82, 2.24) is 20.0 Å². The third-order valence-corrected chi connectivity index (χ3v) is 8.43. The molecule has 2 N–H and O–H groups in total. The number of rotatable bonds is 5. The molecule has 0 saturated carbocycles. The maximum absolute atomic E-state index is 12.6. The van der Waals surface area contributed by atoms with E-state index in [1.54, 1.807) is 12.1 Å². The van der Waals surface area contributed by atoms with Gasteiger partial charge in [0.15, 0.2) is 0 Å². The van der Waals surface area contributed by atoms with E-state index in [9.17, 15) is 14.4 Å². The van der Waals surface area contributed by atoms with Crippen molar-refractivity contribution in [3.8, 4) is 0 Å². The standard InChI is InChI=1S/C17H25BrN2O.C10H20N2O2.C8H7BrO2.CO2/c1-13-5-6-15(18)14(11-13)16(21)20-9-7-19(8-10-20)12-17(2,3)4;1-10(2,3)14-9(13)8-12-6-4-11-5-7-12;1-5-2-3-7(9)6(4-5)8(10)11;2-1-3/h5-6,11H,7-10,12H2,1-4H3;11H,4-8H2,1-3H3;2-4H,1H3,(H,10,11);. The van der Waals surface area contributed by atoms with Gasteiger partial charge in [-0.3, -0.25) is 19.4 Å². The molecule has 2 aromatic carbocycles. The molecule has 13 heteroatoms. The Morgan fingerprint density at radius 2 is 1.27 bits per heavy atom. The fourth-order valence-electron chi connectivity index (χ4n) is 4.98. The Morgan fingerprint density at radius 3 is 1.69 bits per heavy atom. The van der Waals surface area contributed by atoms with Crippen molar-refractivity contribution in [1.29, 1.82) is 0 Å². The van der Waals surface area contributed by atoms with Crippen LogP contribution in [0.25, 0.3) is 0 Å². The lowest BCUT2D eigenvalue weighted by molar-refractivity contribution is -0.191. The monoisotopic (exact) mass is 810 g/mol. The van der Waals surface area contributed by atoms with Crippen LogP contribution in [-0.4, -0.2) is 115 Å². The van der Waals surface area contributed by atoms with Crippen molar-refractivity contribution < 1.29 is 33.8 Å². The van der Waals surface area contributed by atoms with Crippen molar-refractivity contribution in [2.45, 2.75) is 61.0 Å². The van der Waals surface area contributed by atoms with Gasteiger partial charge in [-0.05, 0) is 96.2 Å². The number of benzene rings is 2. The van der Waals surface area contributed by atoms with Gasteiger partial charge in [0.05, 0.1) is 17.7 Å². The van der Waals surface area contributed by atoms with E-state index in [2.05, 4.69) is 67.7 Å². The summed E-state index contributed by atoms with van der Waals surface area (Å²) in [6, 6.07) is 11.2. The molecule has 2 aliphatic rings. The Morgan fingerprint density at radius 1 is 0.796 bits per heavy atom. The molecule has 2 fully saturated rings. The predicted molar refractivity (Wildman–Crippen MR) is 197 cm³/mol. The molecule has 0 unspecified atom stereocenters. The minimum absolute atomic E-state index is 0.126. The summed E-state index contributed by atoms with van der Waals surface area (Å²) in [6.07, 6.45) is 0.250. The summed E-state index contributed by atoms with van der Waals surface area (Å²) in [5.74, 6) is -0.888. The molecular formula is C36H52Br2N4O7. The second-order valence-corrected chi connectivity index (χ2v) is 15.8. The number of carbonyl (C=O) groups is 3. The highest BCUT2D eigenvalue weighted by molar-refractivity contribution is 9.10. The summed E-state index contributed by atoms with van der Waals surface area (Å²) >= 11 is 6.64. The van der Waals surface area contributed by atoms with E-state index >= 15 is 0 Å². The number of piperazine rings is 2.